The number of nitrogens with one attached hydrogen (secondary N) is 1. The number of para-hydroxylation sites is 1. The topological polar surface area (TPSA) is 54.6 Å². The summed E-state index contributed by atoms with van der Waals surface area (Å²) in [5.74, 6) is -0.125. The number of esters is 1. The van der Waals surface area contributed by atoms with Crippen molar-refractivity contribution in [2.45, 2.75) is 50.2 Å². The summed E-state index contributed by atoms with van der Waals surface area (Å²) in [6.45, 7) is 4.64. The van der Waals surface area contributed by atoms with Crippen molar-refractivity contribution >= 4 is 16.9 Å². The second-order valence-electron chi connectivity index (χ2n) is 8.15. The first-order valence-electron chi connectivity index (χ1n) is 10.4. The maximum absolute atomic E-state index is 13.5. The summed E-state index contributed by atoms with van der Waals surface area (Å²) in [5.41, 5.74) is 4.04. The van der Waals surface area contributed by atoms with Crippen LogP contribution in [0.4, 0.5) is 0 Å². The molecule has 1 aromatic heterocycles. The number of benzene rings is 1. The Kier molecular flexibility index (Phi) is 4.33. The molecule has 0 spiro atoms. The Morgan fingerprint density at radius 3 is 3.00 bits per heavy atom. The van der Waals surface area contributed by atoms with Gasteiger partial charge in [0.15, 0.2) is 0 Å². The molecule has 2 aliphatic heterocycles. The minimum atomic E-state index is -0.695. The molecule has 1 aliphatic carbocycles. The summed E-state index contributed by atoms with van der Waals surface area (Å²) >= 11 is 0. The lowest BCUT2D eigenvalue weighted by Crippen LogP contribution is -2.61. The van der Waals surface area contributed by atoms with E-state index in [-0.39, 0.29) is 18.1 Å². The van der Waals surface area contributed by atoms with E-state index in [0.717, 1.165) is 50.0 Å². The van der Waals surface area contributed by atoms with Gasteiger partial charge in [0.05, 0.1) is 19.3 Å². The van der Waals surface area contributed by atoms with Gasteiger partial charge in [0, 0.05) is 36.3 Å². The first-order valence-corrected chi connectivity index (χ1v) is 10.4. The molecule has 3 atom stereocenters. The standard InChI is InChI=1S/C23H28N2O3/c1-3-28-19-11-14-25-13-10-16-15-7-4-5-9-18(15)24-20(16)23(22(26)27-2)12-6-8-17(19)21(23)25/h4-5,7-9,19,21,24H,3,6,10-14H2,1-2H3/t19-,21-,23-/m1/s1. The second kappa shape index (κ2) is 6.75. The van der Waals surface area contributed by atoms with Crippen LogP contribution in [0.2, 0.25) is 0 Å². The predicted molar refractivity (Wildman–Crippen MR) is 108 cm³/mol. The average Bonchev–Trinajstić information content (AvgIpc) is 3.04. The van der Waals surface area contributed by atoms with Crippen molar-refractivity contribution in [3.05, 3.63) is 47.2 Å². The zero-order valence-electron chi connectivity index (χ0n) is 16.7. The van der Waals surface area contributed by atoms with Crippen LogP contribution in [0.1, 0.15) is 37.4 Å². The summed E-state index contributed by atoms with van der Waals surface area (Å²) in [7, 11) is 1.52. The Morgan fingerprint density at radius 2 is 2.18 bits per heavy atom. The Bertz CT molecular complexity index is 946. The van der Waals surface area contributed by atoms with Crippen molar-refractivity contribution in [1.82, 2.24) is 9.88 Å². The van der Waals surface area contributed by atoms with Crippen molar-refractivity contribution in [2.75, 3.05) is 26.8 Å². The fraction of sp³-hybridized carbons (Fsp3) is 0.522. The molecular weight excluding hydrogens is 352 g/mol. The van der Waals surface area contributed by atoms with E-state index in [2.05, 4.69) is 34.2 Å². The number of methoxy groups -OCH3 is 1. The minimum Gasteiger partial charge on any atom is -0.468 e. The van der Waals surface area contributed by atoms with E-state index in [4.69, 9.17) is 9.47 Å². The van der Waals surface area contributed by atoms with Crippen LogP contribution in [0.25, 0.3) is 10.9 Å². The van der Waals surface area contributed by atoms with Crippen molar-refractivity contribution in [3.8, 4) is 0 Å². The van der Waals surface area contributed by atoms with E-state index in [1.165, 1.54) is 23.6 Å². The molecule has 5 nitrogen and oxygen atoms in total. The number of aromatic nitrogens is 1. The molecule has 0 amide bonds. The fourth-order valence-corrected chi connectivity index (χ4v) is 5.89. The maximum atomic E-state index is 13.5. The molecule has 1 N–H and O–H groups in total. The summed E-state index contributed by atoms with van der Waals surface area (Å²) in [5, 5.41) is 1.23. The van der Waals surface area contributed by atoms with E-state index in [1.807, 2.05) is 13.0 Å². The molecule has 0 radical (unpaired) electrons. The molecule has 0 unspecified atom stereocenters. The molecule has 28 heavy (non-hydrogen) atoms. The molecule has 1 saturated heterocycles. The number of carbonyl (C=O) groups is 1. The zero-order chi connectivity index (χ0) is 19.3. The van der Waals surface area contributed by atoms with Gasteiger partial charge in [0.1, 0.15) is 5.41 Å². The van der Waals surface area contributed by atoms with Gasteiger partial charge in [-0.1, -0.05) is 24.3 Å². The van der Waals surface area contributed by atoms with Crippen LogP contribution in [-0.2, 0) is 26.1 Å². The molecule has 3 aliphatic rings. The van der Waals surface area contributed by atoms with Crippen molar-refractivity contribution in [1.29, 1.82) is 0 Å². The van der Waals surface area contributed by atoms with Crippen LogP contribution >= 0.6 is 0 Å². The highest BCUT2D eigenvalue weighted by atomic mass is 16.5. The summed E-state index contributed by atoms with van der Waals surface area (Å²) in [4.78, 5) is 19.6. The lowest BCUT2D eigenvalue weighted by atomic mass is 9.64. The van der Waals surface area contributed by atoms with E-state index < -0.39 is 5.41 Å². The number of allylic oxidation sites excluding steroid dienone is 1. The van der Waals surface area contributed by atoms with Gasteiger partial charge in [-0.15, -0.1) is 0 Å². The third kappa shape index (κ3) is 2.36. The second-order valence-corrected chi connectivity index (χ2v) is 8.15. The van der Waals surface area contributed by atoms with Crippen LogP contribution in [-0.4, -0.2) is 54.8 Å². The van der Waals surface area contributed by atoms with Crippen LogP contribution in [0.5, 0.6) is 0 Å². The van der Waals surface area contributed by atoms with Gasteiger partial charge in [-0.2, -0.15) is 0 Å². The highest BCUT2D eigenvalue weighted by Crippen LogP contribution is 2.50. The number of hydrogen-bond donors (Lipinski definition) is 1. The molecule has 0 bridgehead atoms. The predicted octanol–water partition coefficient (Wildman–Crippen LogP) is 3.33. The maximum Gasteiger partial charge on any atom is 0.319 e. The Labute approximate surface area is 165 Å². The molecule has 1 aromatic carbocycles. The molecule has 2 aromatic rings. The molecule has 0 saturated carbocycles. The Morgan fingerprint density at radius 1 is 1.32 bits per heavy atom. The first-order chi connectivity index (χ1) is 13.7. The van der Waals surface area contributed by atoms with Gasteiger partial charge < -0.3 is 14.5 Å². The largest absolute Gasteiger partial charge is 0.468 e. The van der Waals surface area contributed by atoms with E-state index in [9.17, 15) is 4.79 Å². The van der Waals surface area contributed by atoms with Crippen LogP contribution < -0.4 is 0 Å². The normalized spacial score (nSPS) is 29.6. The summed E-state index contributed by atoms with van der Waals surface area (Å²) in [6.07, 6.45) is 5.99. The summed E-state index contributed by atoms with van der Waals surface area (Å²) in [6, 6.07) is 8.41. The van der Waals surface area contributed by atoms with Crippen LogP contribution in [0.15, 0.2) is 35.9 Å². The third-order valence-electron chi connectivity index (χ3n) is 6.94. The first kappa shape index (κ1) is 18.0. The number of nitrogens with zero attached hydrogens (tertiary/aromatic N) is 1. The Hall–Kier alpha value is -2.11. The monoisotopic (exact) mass is 380 g/mol. The average molecular weight is 380 g/mol. The highest BCUT2D eigenvalue weighted by molar-refractivity contribution is 5.92. The molecule has 1 fully saturated rings. The van der Waals surface area contributed by atoms with E-state index >= 15 is 0 Å². The van der Waals surface area contributed by atoms with Gasteiger partial charge in [-0.05, 0) is 49.8 Å². The van der Waals surface area contributed by atoms with Gasteiger partial charge in [0.25, 0.3) is 0 Å². The lowest BCUT2D eigenvalue weighted by molar-refractivity contribution is -0.152. The number of H-pyrrole nitrogens is 1. The molecule has 3 heterocycles. The van der Waals surface area contributed by atoms with Crippen LogP contribution in [0.3, 0.4) is 0 Å². The number of fused-ring (bicyclic) bond motifs is 4. The number of aromatic amines is 1. The number of carbonyl (C=O) groups excluding carboxylic acids is 1. The Balaban J connectivity index is 1.76. The number of ether oxygens (including phenoxy) is 2. The fourth-order valence-electron chi connectivity index (χ4n) is 5.89. The molecular formula is C23H28N2O3. The SMILES string of the molecule is CCO[C@@H]1CCN2CCc3c([nH]c4ccccc34)[C@]3(C(=O)OC)CCC=C1[C@@H]23. The van der Waals surface area contributed by atoms with Crippen molar-refractivity contribution < 1.29 is 14.3 Å². The van der Waals surface area contributed by atoms with Gasteiger partial charge >= 0.3 is 5.97 Å². The van der Waals surface area contributed by atoms with Crippen LogP contribution in [0, 0.1) is 0 Å². The molecule has 5 heteroatoms. The smallest absolute Gasteiger partial charge is 0.319 e. The van der Waals surface area contributed by atoms with Crippen molar-refractivity contribution in [3.63, 3.8) is 0 Å². The van der Waals surface area contributed by atoms with Gasteiger partial charge in [0.2, 0.25) is 0 Å². The van der Waals surface area contributed by atoms with E-state index in [0.29, 0.717) is 6.61 Å². The van der Waals surface area contributed by atoms with Crippen molar-refractivity contribution in [2.24, 2.45) is 0 Å². The third-order valence-corrected chi connectivity index (χ3v) is 6.94. The molecule has 5 rings (SSSR count). The molecule has 148 valence electrons. The lowest BCUT2D eigenvalue weighted by Gasteiger charge is -2.50. The van der Waals surface area contributed by atoms with Gasteiger partial charge in [-0.25, -0.2) is 0 Å². The summed E-state index contributed by atoms with van der Waals surface area (Å²) < 4.78 is 11.6. The number of rotatable bonds is 3. The van der Waals surface area contributed by atoms with Gasteiger partial charge in [-0.3, -0.25) is 9.69 Å². The van der Waals surface area contributed by atoms with E-state index in [1.54, 1.807) is 0 Å². The zero-order valence-corrected chi connectivity index (χ0v) is 16.7. The quantitative estimate of drug-likeness (QED) is 0.656. The highest BCUT2D eigenvalue weighted by Gasteiger charge is 2.58. The number of hydrogen-bond acceptors (Lipinski definition) is 4. The number of piperidine rings is 1. The minimum absolute atomic E-state index is 0.00770.